The minimum atomic E-state index is -0.876. The predicted octanol–water partition coefficient (Wildman–Crippen LogP) is 1.64. The van der Waals surface area contributed by atoms with E-state index < -0.39 is 11.4 Å². The van der Waals surface area contributed by atoms with E-state index in [4.69, 9.17) is 10.5 Å². The van der Waals surface area contributed by atoms with Crippen LogP contribution in [0.15, 0.2) is 24.3 Å². The summed E-state index contributed by atoms with van der Waals surface area (Å²) in [6.45, 7) is 6.68. The Kier molecular flexibility index (Phi) is 4.73. The van der Waals surface area contributed by atoms with Gasteiger partial charge in [0.25, 0.3) is 0 Å². The number of nitrogens with two attached hydrogens (primary N) is 1. The first-order chi connectivity index (χ1) is 8.40. The van der Waals surface area contributed by atoms with Crippen LogP contribution >= 0.6 is 0 Å². The molecule has 0 aliphatic heterocycles. The standard InChI is InChI=1S/C14H22N2O2/c1-10(2)9-16-14(3,13(15)17)11-6-5-7-12(8-11)18-4/h5-8,10,16H,9H2,1-4H3,(H2,15,17). The summed E-state index contributed by atoms with van der Waals surface area (Å²) >= 11 is 0. The van der Waals surface area contributed by atoms with Gasteiger partial charge in [0.1, 0.15) is 11.3 Å². The summed E-state index contributed by atoms with van der Waals surface area (Å²) in [5, 5.41) is 3.23. The second-order valence-electron chi connectivity index (χ2n) is 5.00. The molecule has 1 unspecified atom stereocenters. The van der Waals surface area contributed by atoms with Gasteiger partial charge in [-0.1, -0.05) is 26.0 Å². The summed E-state index contributed by atoms with van der Waals surface area (Å²) in [6.07, 6.45) is 0. The molecule has 18 heavy (non-hydrogen) atoms. The molecule has 0 saturated heterocycles. The van der Waals surface area contributed by atoms with Crippen molar-refractivity contribution in [3.8, 4) is 5.75 Å². The molecule has 0 radical (unpaired) electrons. The lowest BCUT2D eigenvalue weighted by Gasteiger charge is -2.29. The first-order valence-corrected chi connectivity index (χ1v) is 6.09. The molecule has 4 nitrogen and oxygen atoms in total. The topological polar surface area (TPSA) is 64.3 Å². The molecular weight excluding hydrogens is 228 g/mol. The molecule has 0 spiro atoms. The molecule has 0 aliphatic rings. The van der Waals surface area contributed by atoms with E-state index in [-0.39, 0.29) is 0 Å². The Morgan fingerprint density at radius 1 is 1.50 bits per heavy atom. The van der Waals surface area contributed by atoms with Gasteiger partial charge in [0.15, 0.2) is 0 Å². The number of methoxy groups -OCH3 is 1. The fourth-order valence-corrected chi connectivity index (χ4v) is 1.67. The van der Waals surface area contributed by atoms with Crippen molar-refractivity contribution in [1.29, 1.82) is 0 Å². The Morgan fingerprint density at radius 3 is 2.67 bits per heavy atom. The SMILES string of the molecule is COc1cccc(C(C)(NCC(C)C)C(N)=O)c1. The number of primary amides is 1. The van der Waals surface area contributed by atoms with Crippen molar-refractivity contribution in [1.82, 2.24) is 5.32 Å². The molecule has 0 bridgehead atoms. The zero-order valence-electron chi connectivity index (χ0n) is 11.5. The zero-order valence-corrected chi connectivity index (χ0v) is 11.5. The minimum absolute atomic E-state index is 0.392. The van der Waals surface area contributed by atoms with E-state index in [0.717, 1.165) is 12.1 Å². The zero-order chi connectivity index (χ0) is 13.8. The second-order valence-corrected chi connectivity index (χ2v) is 5.00. The average Bonchev–Trinajstić information content (AvgIpc) is 2.35. The third-order valence-corrected chi connectivity index (χ3v) is 3.00. The molecular formula is C14H22N2O2. The number of hydrogen-bond acceptors (Lipinski definition) is 3. The molecule has 0 aliphatic carbocycles. The highest BCUT2D eigenvalue weighted by atomic mass is 16.5. The minimum Gasteiger partial charge on any atom is -0.497 e. The van der Waals surface area contributed by atoms with Crippen LogP contribution < -0.4 is 15.8 Å². The molecule has 0 fully saturated rings. The summed E-state index contributed by atoms with van der Waals surface area (Å²) in [5.74, 6) is 0.761. The van der Waals surface area contributed by atoms with E-state index in [0.29, 0.717) is 11.7 Å². The number of amides is 1. The maximum Gasteiger partial charge on any atom is 0.242 e. The van der Waals surface area contributed by atoms with Crippen molar-refractivity contribution in [3.63, 3.8) is 0 Å². The molecule has 3 N–H and O–H groups in total. The van der Waals surface area contributed by atoms with E-state index in [2.05, 4.69) is 19.2 Å². The van der Waals surface area contributed by atoms with Crippen molar-refractivity contribution < 1.29 is 9.53 Å². The number of benzene rings is 1. The quantitative estimate of drug-likeness (QED) is 0.806. The Balaban J connectivity index is 3.06. The highest BCUT2D eigenvalue weighted by molar-refractivity contribution is 5.85. The highest BCUT2D eigenvalue weighted by Gasteiger charge is 2.33. The Bertz CT molecular complexity index is 418. The molecule has 1 rings (SSSR count). The van der Waals surface area contributed by atoms with Crippen LogP contribution in [0.4, 0.5) is 0 Å². The maximum absolute atomic E-state index is 11.8. The van der Waals surface area contributed by atoms with E-state index in [1.807, 2.05) is 24.3 Å². The highest BCUT2D eigenvalue weighted by Crippen LogP contribution is 2.24. The molecule has 1 aromatic carbocycles. The molecule has 0 heterocycles. The third kappa shape index (κ3) is 3.23. The van der Waals surface area contributed by atoms with E-state index in [1.54, 1.807) is 14.0 Å². The second kappa shape index (κ2) is 5.87. The van der Waals surface area contributed by atoms with Gasteiger partial charge < -0.3 is 10.5 Å². The number of nitrogens with one attached hydrogen (secondary N) is 1. The Labute approximate surface area is 109 Å². The van der Waals surface area contributed by atoms with Crippen LogP contribution in [0, 0.1) is 5.92 Å². The number of hydrogen-bond donors (Lipinski definition) is 2. The van der Waals surface area contributed by atoms with Gasteiger partial charge in [-0.3, -0.25) is 10.1 Å². The molecule has 0 saturated carbocycles. The van der Waals surface area contributed by atoms with E-state index in [9.17, 15) is 4.79 Å². The summed E-state index contributed by atoms with van der Waals surface area (Å²) in [4.78, 5) is 11.8. The van der Waals surface area contributed by atoms with Crippen LogP contribution in [0.3, 0.4) is 0 Å². The largest absolute Gasteiger partial charge is 0.497 e. The van der Waals surface area contributed by atoms with Gasteiger partial charge in [0, 0.05) is 0 Å². The van der Waals surface area contributed by atoms with Crippen molar-refractivity contribution in [2.45, 2.75) is 26.3 Å². The average molecular weight is 250 g/mol. The summed E-state index contributed by atoms with van der Waals surface area (Å²) < 4.78 is 5.18. The summed E-state index contributed by atoms with van der Waals surface area (Å²) in [7, 11) is 1.60. The maximum atomic E-state index is 11.8. The third-order valence-electron chi connectivity index (χ3n) is 3.00. The molecule has 0 aromatic heterocycles. The summed E-state index contributed by atoms with van der Waals surface area (Å²) in [6, 6.07) is 7.40. The number of ether oxygens (including phenoxy) is 1. The normalized spacial score (nSPS) is 14.3. The lowest BCUT2D eigenvalue weighted by Crippen LogP contribution is -2.51. The van der Waals surface area contributed by atoms with E-state index >= 15 is 0 Å². The molecule has 1 atom stereocenters. The number of carbonyl (C=O) groups excluding carboxylic acids is 1. The van der Waals surface area contributed by atoms with E-state index in [1.165, 1.54) is 0 Å². The smallest absolute Gasteiger partial charge is 0.242 e. The van der Waals surface area contributed by atoms with Crippen LogP contribution in [-0.4, -0.2) is 19.6 Å². The van der Waals surface area contributed by atoms with Crippen LogP contribution in [-0.2, 0) is 10.3 Å². The van der Waals surface area contributed by atoms with Crippen molar-refractivity contribution in [2.24, 2.45) is 11.7 Å². The monoisotopic (exact) mass is 250 g/mol. The van der Waals surface area contributed by atoms with Gasteiger partial charge >= 0.3 is 0 Å². The fraction of sp³-hybridized carbons (Fsp3) is 0.500. The van der Waals surface area contributed by atoms with Crippen molar-refractivity contribution >= 4 is 5.91 Å². The molecule has 4 heteroatoms. The number of carbonyl (C=O) groups is 1. The van der Waals surface area contributed by atoms with Gasteiger partial charge in [-0.15, -0.1) is 0 Å². The van der Waals surface area contributed by atoms with Crippen LogP contribution in [0.1, 0.15) is 26.3 Å². The van der Waals surface area contributed by atoms with Gasteiger partial charge in [-0.25, -0.2) is 0 Å². The molecule has 1 amide bonds. The van der Waals surface area contributed by atoms with Crippen molar-refractivity contribution in [2.75, 3.05) is 13.7 Å². The van der Waals surface area contributed by atoms with Crippen LogP contribution in [0.25, 0.3) is 0 Å². The van der Waals surface area contributed by atoms with Crippen LogP contribution in [0.2, 0.25) is 0 Å². The van der Waals surface area contributed by atoms with Gasteiger partial charge in [0.2, 0.25) is 5.91 Å². The Hall–Kier alpha value is -1.55. The van der Waals surface area contributed by atoms with Crippen molar-refractivity contribution in [3.05, 3.63) is 29.8 Å². The lowest BCUT2D eigenvalue weighted by molar-refractivity contribution is -0.124. The Morgan fingerprint density at radius 2 is 2.17 bits per heavy atom. The first-order valence-electron chi connectivity index (χ1n) is 6.09. The first kappa shape index (κ1) is 14.5. The molecule has 1 aromatic rings. The van der Waals surface area contributed by atoms with Gasteiger partial charge in [0.05, 0.1) is 7.11 Å². The number of rotatable bonds is 6. The van der Waals surface area contributed by atoms with Crippen LogP contribution in [0.5, 0.6) is 5.75 Å². The molecule has 100 valence electrons. The fourth-order valence-electron chi connectivity index (χ4n) is 1.67. The van der Waals surface area contributed by atoms with Gasteiger partial charge in [-0.05, 0) is 37.1 Å². The summed E-state index contributed by atoms with van der Waals surface area (Å²) in [5.41, 5.74) is 5.48. The van der Waals surface area contributed by atoms with Gasteiger partial charge in [-0.2, -0.15) is 0 Å². The predicted molar refractivity (Wildman–Crippen MR) is 72.4 cm³/mol. The lowest BCUT2D eigenvalue weighted by atomic mass is 9.90.